The van der Waals surface area contributed by atoms with Gasteiger partial charge in [-0.05, 0) is 62.7 Å². The van der Waals surface area contributed by atoms with Crippen LogP contribution in [0.5, 0.6) is 0 Å². The van der Waals surface area contributed by atoms with E-state index in [4.69, 9.17) is 0 Å². The molecule has 7 nitrogen and oxygen atoms in total. The molecule has 0 atom stereocenters. The molecule has 3 rings (SSSR count). The SMILES string of the molecule is CNS(=O)(=O)c1cc(C(=O)NCCCc2nc3ccccc3[nH]2)cc(C)c1C. The largest absolute Gasteiger partial charge is 0.352 e. The van der Waals surface area contributed by atoms with E-state index in [1.54, 1.807) is 19.9 Å². The van der Waals surface area contributed by atoms with Crippen LogP contribution >= 0.6 is 0 Å². The number of nitrogens with zero attached hydrogens (tertiary/aromatic N) is 1. The second kappa shape index (κ2) is 8.12. The summed E-state index contributed by atoms with van der Waals surface area (Å²) in [5.41, 5.74) is 3.64. The summed E-state index contributed by atoms with van der Waals surface area (Å²) in [6.07, 6.45) is 1.43. The van der Waals surface area contributed by atoms with Crippen LogP contribution in [0.25, 0.3) is 11.0 Å². The molecule has 1 aromatic heterocycles. The maximum Gasteiger partial charge on any atom is 0.251 e. The number of aromatic amines is 1. The van der Waals surface area contributed by atoms with Crippen molar-refractivity contribution in [3.05, 3.63) is 58.9 Å². The maximum atomic E-state index is 12.5. The summed E-state index contributed by atoms with van der Waals surface area (Å²) in [4.78, 5) is 20.4. The van der Waals surface area contributed by atoms with E-state index in [1.807, 2.05) is 24.3 Å². The van der Waals surface area contributed by atoms with Crippen LogP contribution in [0.2, 0.25) is 0 Å². The third-order valence-corrected chi connectivity index (χ3v) is 6.30. The molecule has 0 saturated heterocycles. The van der Waals surface area contributed by atoms with Gasteiger partial charge in [-0.1, -0.05) is 12.1 Å². The molecule has 0 aliphatic heterocycles. The van der Waals surface area contributed by atoms with Crippen LogP contribution in [0.1, 0.15) is 33.7 Å². The average molecular weight is 401 g/mol. The minimum Gasteiger partial charge on any atom is -0.352 e. The van der Waals surface area contributed by atoms with Crippen LogP contribution in [-0.4, -0.2) is 37.9 Å². The van der Waals surface area contributed by atoms with Gasteiger partial charge in [-0.2, -0.15) is 0 Å². The standard InChI is InChI=1S/C20H24N4O3S/c1-13-11-15(12-18(14(13)2)28(26,27)21-3)20(25)22-10-6-9-19-23-16-7-4-5-8-17(16)24-19/h4-5,7-8,11-12,21H,6,9-10H2,1-3H3,(H,22,25)(H,23,24). The van der Waals surface area contributed by atoms with Crippen LogP contribution in [0.4, 0.5) is 0 Å². The van der Waals surface area contributed by atoms with E-state index >= 15 is 0 Å². The van der Waals surface area contributed by atoms with Crippen molar-refractivity contribution in [2.24, 2.45) is 0 Å². The van der Waals surface area contributed by atoms with Gasteiger partial charge in [0.05, 0.1) is 15.9 Å². The summed E-state index contributed by atoms with van der Waals surface area (Å²) in [6.45, 7) is 3.99. The predicted molar refractivity (Wildman–Crippen MR) is 109 cm³/mol. The van der Waals surface area contributed by atoms with E-state index in [0.717, 1.165) is 28.8 Å². The predicted octanol–water partition coefficient (Wildman–Crippen LogP) is 2.45. The molecule has 0 aliphatic rings. The molecule has 8 heteroatoms. The number of rotatable bonds is 7. The number of amides is 1. The van der Waals surface area contributed by atoms with Gasteiger partial charge < -0.3 is 10.3 Å². The van der Waals surface area contributed by atoms with Gasteiger partial charge in [0.2, 0.25) is 10.0 Å². The molecule has 1 amide bonds. The molecule has 0 radical (unpaired) electrons. The lowest BCUT2D eigenvalue weighted by molar-refractivity contribution is 0.0953. The minimum atomic E-state index is -3.62. The highest BCUT2D eigenvalue weighted by Crippen LogP contribution is 2.21. The number of aromatic nitrogens is 2. The van der Waals surface area contributed by atoms with Crippen molar-refractivity contribution in [3.63, 3.8) is 0 Å². The van der Waals surface area contributed by atoms with Gasteiger partial charge in [0, 0.05) is 18.5 Å². The van der Waals surface area contributed by atoms with Crippen molar-refractivity contribution in [2.45, 2.75) is 31.6 Å². The second-order valence-electron chi connectivity index (χ2n) is 6.68. The molecule has 28 heavy (non-hydrogen) atoms. The fourth-order valence-corrected chi connectivity index (χ4v) is 4.10. The number of hydrogen-bond donors (Lipinski definition) is 3. The average Bonchev–Trinajstić information content (AvgIpc) is 3.09. The van der Waals surface area contributed by atoms with Gasteiger partial charge in [0.25, 0.3) is 5.91 Å². The molecule has 148 valence electrons. The van der Waals surface area contributed by atoms with E-state index in [9.17, 15) is 13.2 Å². The highest BCUT2D eigenvalue weighted by molar-refractivity contribution is 7.89. The highest BCUT2D eigenvalue weighted by Gasteiger charge is 2.19. The fourth-order valence-electron chi connectivity index (χ4n) is 3.03. The molecule has 3 aromatic rings. The number of imidazole rings is 1. The monoisotopic (exact) mass is 400 g/mol. The quantitative estimate of drug-likeness (QED) is 0.530. The molecule has 0 bridgehead atoms. The van der Waals surface area contributed by atoms with Crippen molar-refractivity contribution < 1.29 is 13.2 Å². The third kappa shape index (κ3) is 4.23. The molecule has 0 spiro atoms. The zero-order valence-electron chi connectivity index (χ0n) is 16.2. The number of sulfonamides is 1. The summed E-state index contributed by atoms with van der Waals surface area (Å²) in [7, 11) is -2.27. The van der Waals surface area contributed by atoms with Gasteiger partial charge in [0.1, 0.15) is 5.82 Å². The first kappa shape index (κ1) is 20.0. The minimum absolute atomic E-state index is 0.127. The molecule has 0 unspecified atom stereocenters. The first-order valence-electron chi connectivity index (χ1n) is 9.08. The molecule has 3 N–H and O–H groups in total. The van der Waals surface area contributed by atoms with Crippen molar-refractivity contribution >= 4 is 27.0 Å². The zero-order valence-corrected chi connectivity index (χ0v) is 17.0. The van der Waals surface area contributed by atoms with Gasteiger partial charge in [0.15, 0.2) is 0 Å². The van der Waals surface area contributed by atoms with E-state index in [-0.39, 0.29) is 10.8 Å². The summed E-state index contributed by atoms with van der Waals surface area (Å²) in [5.74, 6) is 0.587. The maximum absolute atomic E-state index is 12.5. The second-order valence-corrected chi connectivity index (χ2v) is 8.54. The Bertz CT molecular complexity index is 1090. The first-order chi connectivity index (χ1) is 13.3. The Morgan fingerprint density at radius 1 is 1.18 bits per heavy atom. The fraction of sp³-hybridized carbons (Fsp3) is 0.300. The summed E-state index contributed by atoms with van der Waals surface area (Å²) >= 11 is 0. The molecule has 0 fully saturated rings. The Kier molecular flexibility index (Phi) is 5.81. The Morgan fingerprint density at radius 2 is 1.93 bits per heavy atom. The Morgan fingerprint density at radius 3 is 2.64 bits per heavy atom. The molecular formula is C20H24N4O3S. The van der Waals surface area contributed by atoms with Crippen LogP contribution in [-0.2, 0) is 16.4 Å². The summed E-state index contributed by atoms with van der Waals surface area (Å²) in [6, 6.07) is 11.0. The zero-order chi connectivity index (χ0) is 20.3. The molecule has 2 aromatic carbocycles. The van der Waals surface area contributed by atoms with Crippen LogP contribution in [0.3, 0.4) is 0 Å². The molecule has 1 heterocycles. The van der Waals surface area contributed by atoms with E-state index in [2.05, 4.69) is 20.0 Å². The molecule has 0 aliphatic carbocycles. The third-order valence-electron chi connectivity index (χ3n) is 4.75. The lowest BCUT2D eigenvalue weighted by atomic mass is 10.1. The van der Waals surface area contributed by atoms with Crippen LogP contribution in [0, 0.1) is 13.8 Å². The number of fused-ring (bicyclic) bond motifs is 1. The lowest BCUT2D eigenvalue weighted by Crippen LogP contribution is -2.26. The van der Waals surface area contributed by atoms with E-state index in [0.29, 0.717) is 24.1 Å². The first-order valence-corrected chi connectivity index (χ1v) is 10.6. The summed E-state index contributed by atoms with van der Waals surface area (Å²) < 4.78 is 26.7. The smallest absolute Gasteiger partial charge is 0.251 e. The van der Waals surface area contributed by atoms with Gasteiger partial charge >= 0.3 is 0 Å². The van der Waals surface area contributed by atoms with Crippen LogP contribution in [0.15, 0.2) is 41.3 Å². The van der Waals surface area contributed by atoms with E-state index < -0.39 is 10.0 Å². The van der Waals surface area contributed by atoms with Crippen molar-refractivity contribution in [2.75, 3.05) is 13.6 Å². The highest BCUT2D eigenvalue weighted by atomic mass is 32.2. The Balaban J connectivity index is 1.63. The van der Waals surface area contributed by atoms with Gasteiger partial charge in [-0.25, -0.2) is 18.1 Å². The number of hydrogen-bond acceptors (Lipinski definition) is 4. The van der Waals surface area contributed by atoms with Crippen molar-refractivity contribution in [1.82, 2.24) is 20.0 Å². The number of H-pyrrole nitrogens is 1. The number of benzene rings is 2. The number of nitrogens with one attached hydrogen (secondary N) is 3. The van der Waals surface area contributed by atoms with Gasteiger partial charge in [-0.3, -0.25) is 4.79 Å². The Hall–Kier alpha value is -2.71. The normalized spacial score (nSPS) is 11.7. The molecule has 0 saturated carbocycles. The number of para-hydroxylation sites is 2. The van der Waals surface area contributed by atoms with Crippen molar-refractivity contribution in [1.29, 1.82) is 0 Å². The van der Waals surface area contributed by atoms with E-state index in [1.165, 1.54) is 13.1 Å². The topological polar surface area (TPSA) is 104 Å². The van der Waals surface area contributed by atoms with Crippen LogP contribution < -0.4 is 10.0 Å². The lowest BCUT2D eigenvalue weighted by Gasteiger charge is -2.12. The van der Waals surface area contributed by atoms with Gasteiger partial charge in [-0.15, -0.1) is 0 Å². The van der Waals surface area contributed by atoms with Crippen molar-refractivity contribution in [3.8, 4) is 0 Å². The molecular weight excluding hydrogens is 376 g/mol. The number of carbonyl (C=O) groups excluding carboxylic acids is 1. The summed E-state index contributed by atoms with van der Waals surface area (Å²) in [5, 5.41) is 2.85. The number of carbonyl (C=O) groups is 1. The number of aryl methyl sites for hydroxylation is 2. The Labute approximate surface area is 164 Å².